The summed E-state index contributed by atoms with van der Waals surface area (Å²) in [6.45, 7) is 0. The minimum Gasteiger partial charge on any atom is -0.493 e. The molecule has 0 spiro atoms. The van der Waals surface area contributed by atoms with Crippen LogP contribution in [0.25, 0.3) is 0 Å². The number of hydrogen-bond donors (Lipinski definition) is 0. The van der Waals surface area contributed by atoms with E-state index in [9.17, 15) is 0 Å². The van der Waals surface area contributed by atoms with Gasteiger partial charge in [0, 0.05) is 5.92 Å². The molecular weight excluding hydrogens is 368 g/mol. The standard InChI is InChI=1S/C28H30O2/c1-29-26-16-15-22(19-27(26)30-24-12-6-7-13-24)28-23(17-20-9-3-2-4-10-20)18-21-11-5-8-14-25(21)28/h2-5,8-11,14-16,19,23-24,28H,6-7,12-13,17-18H2,1H3. The fourth-order valence-corrected chi connectivity index (χ4v) is 5.40. The molecule has 2 aliphatic carbocycles. The van der Waals surface area contributed by atoms with Crippen LogP contribution in [0.5, 0.6) is 11.5 Å². The molecule has 0 radical (unpaired) electrons. The summed E-state index contributed by atoms with van der Waals surface area (Å²) in [6.07, 6.45) is 7.37. The first-order valence-electron chi connectivity index (χ1n) is 11.3. The lowest BCUT2D eigenvalue weighted by molar-refractivity contribution is 0.200. The molecule has 2 atom stereocenters. The van der Waals surface area contributed by atoms with Crippen molar-refractivity contribution in [2.75, 3.05) is 7.11 Å². The minimum atomic E-state index is 0.324. The van der Waals surface area contributed by atoms with E-state index in [2.05, 4.69) is 72.8 Å². The summed E-state index contributed by atoms with van der Waals surface area (Å²) < 4.78 is 12.1. The highest BCUT2D eigenvalue weighted by Crippen LogP contribution is 2.46. The van der Waals surface area contributed by atoms with E-state index >= 15 is 0 Å². The first-order chi connectivity index (χ1) is 14.8. The molecule has 5 rings (SSSR count). The van der Waals surface area contributed by atoms with Crippen molar-refractivity contribution < 1.29 is 9.47 Å². The molecule has 0 aromatic heterocycles. The van der Waals surface area contributed by atoms with Crippen molar-refractivity contribution in [3.05, 3.63) is 95.1 Å². The molecule has 3 aromatic carbocycles. The SMILES string of the molecule is COc1ccc(C2c3ccccc3CC2Cc2ccccc2)cc1OC1CCCC1. The molecule has 0 amide bonds. The summed E-state index contributed by atoms with van der Waals surface area (Å²) >= 11 is 0. The first-order valence-corrected chi connectivity index (χ1v) is 11.3. The third kappa shape index (κ3) is 3.84. The third-order valence-electron chi connectivity index (χ3n) is 6.83. The predicted octanol–water partition coefficient (Wildman–Crippen LogP) is 6.56. The molecule has 3 aromatic rings. The Morgan fingerprint density at radius 1 is 0.833 bits per heavy atom. The summed E-state index contributed by atoms with van der Waals surface area (Å²) in [5, 5.41) is 0. The van der Waals surface area contributed by atoms with Gasteiger partial charge in [-0.15, -0.1) is 0 Å². The Morgan fingerprint density at radius 2 is 1.60 bits per heavy atom. The van der Waals surface area contributed by atoms with Gasteiger partial charge in [0.2, 0.25) is 0 Å². The van der Waals surface area contributed by atoms with Gasteiger partial charge in [-0.2, -0.15) is 0 Å². The highest BCUT2D eigenvalue weighted by molar-refractivity contribution is 5.50. The van der Waals surface area contributed by atoms with Crippen LogP contribution in [-0.4, -0.2) is 13.2 Å². The van der Waals surface area contributed by atoms with Crippen molar-refractivity contribution >= 4 is 0 Å². The van der Waals surface area contributed by atoms with Crippen molar-refractivity contribution in [2.24, 2.45) is 5.92 Å². The Bertz CT molecular complexity index is 989. The molecule has 2 aliphatic rings. The van der Waals surface area contributed by atoms with Crippen LogP contribution in [-0.2, 0) is 12.8 Å². The molecule has 2 heteroatoms. The van der Waals surface area contributed by atoms with Crippen LogP contribution in [0.1, 0.15) is 53.9 Å². The van der Waals surface area contributed by atoms with E-state index in [4.69, 9.17) is 9.47 Å². The highest BCUT2D eigenvalue weighted by Gasteiger charge is 2.34. The summed E-state index contributed by atoms with van der Waals surface area (Å²) in [5.74, 6) is 2.69. The number of rotatable bonds is 6. The second kappa shape index (κ2) is 8.55. The fourth-order valence-electron chi connectivity index (χ4n) is 5.40. The molecule has 0 bridgehead atoms. The topological polar surface area (TPSA) is 18.5 Å². The molecule has 1 saturated carbocycles. The summed E-state index contributed by atoms with van der Waals surface area (Å²) in [5.41, 5.74) is 5.71. The lowest BCUT2D eigenvalue weighted by Crippen LogP contribution is -2.14. The van der Waals surface area contributed by atoms with E-state index in [0.717, 1.165) is 37.2 Å². The molecule has 2 nitrogen and oxygen atoms in total. The molecule has 0 aliphatic heterocycles. The Kier molecular flexibility index (Phi) is 5.48. The largest absolute Gasteiger partial charge is 0.493 e. The van der Waals surface area contributed by atoms with E-state index in [1.165, 1.54) is 35.1 Å². The van der Waals surface area contributed by atoms with E-state index in [0.29, 0.717) is 17.9 Å². The molecule has 0 saturated heterocycles. The van der Waals surface area contributed by atoms with Gasteiger partial charge in [0.1, 0.15) is 0 Å². The molecule has 0 heterocycles. The van der Waals surface area contributed by atoms with E-state index in [1.807, 2.05) is 0 Å². The Hall–Kier alpha value is -2.74. The lowest BCUT2D eigenvalue weighted by Gasteiger charge is -2.23. The number of benzene rings is 3. The zero-order chi connectivity index (χ0) is 20.3. The zero-order valence-electron chi connectivity index (χ0n) is 17.7. The second-order valence-electron chi connectivity index (χ2n) is 8.77. The average molecular weight is 399 g/mol. The van der Waals surface area contributed by atoms with Gasteiger partial charge < -0.3 is 9.47 Å². The van der Waals surface area contributed by atoms with Crippen LogP contribution in [0.4, 0.5) is 0 Å². The summed E-state index contributed by atoms with van der Waals surface area (Å²) in [6, 6.07) is 26.4. The number of hydrogen-bond acceptors (Lipinski definition) is 2. The van der Waals surface area contributed by atoms with Gasteiger partial charge in [0.25, 0.3) is 0 Å². The van der Waals surface area contributed by atoms with Crippen LogP contribution in [0.15, 0.2) is 72.8 Å². The van der Waals surface area contributed by atoms with Gasteiger partial charge >= 0.3 is 0 Å². The predicted molar refractivity (Wildman–Crippen MR) is 122 cm³/mol. The minimum absolute atomic E-state index is 0.324. The van der Waals surface area contributed by atoms with Crippen molar-refractivity contribution in [3.8, 4) is 11.5 Å². The van der Waals surface area contributed by atoms with Gasteiger partial charge in [0.05, 0.1) is 13.2 Å². The maximum atomic E-state index is 6.41. The van der Waals surface area contributed by atoms with Gasteiger partial charge in [-0.25, -0.2) is 0 Å². The molecule has 0 N–H and O–H groups in total. The van der Waals surface area contributed by atoms with E-state index < -0.39 is 0 Å². The van der Waals surface area contributed by atoms with Crippen LogP contribution in [0.3, 0.4) is 0 Å². The van der Waals surface area contributed by atoms with Crippen LogP contribution in [0, 0.1) is 5.92 Å². The first kappa shape index (κ1) is 19.2. The maximum Gasteiger partial charge on any atom is 0.161 e. The number of fused-ring (bicyclic) bond motifs is 1. The molecule has 2 unspecified atom stereocenters. The van der Waals surface area contributed by atoms with Crippen LogP contribution < -0.4 is 9.47 Å². The van der Waals surface area contributed by atoms with Crippen LogP contribution in [0.2, 0.25) is 0 Å². The summed E-state index contributed by atoms with van der Waals surface area (Å²) in [7, 11) is 1.74. The van der Waals surface area contributed by atoms with Crippen LogP contribution >= 0.6 is 0 Å². The normalized spacial score (nSPS) is 20.8. The van der Waals surface area contributed by atoms with Crippen molar-refractivity contribution in [1.29, 1.82) is 0 Å². The fraction of sp³-hybridized carbons (Fsp3) is 0.357. The molecule has 30 heavy (non-hydrogen) atoms. The lowest BCUT2D eigenvalue weighted by atomic mass is 9.82. The average Bonchev–Trinajstić information content (AvgIpc) is 3.42. The summed E-state index contributed by atoms with van der Waals surface area (Å²) in [4.78, 5) is 0. The molecule has 154 valence electrons. The number of ether oxygens (including phenoxy) is 2. The highest BCUT2D eigenvalue weighted by atomic mass is 16.5. The molecule has 1 fully saturated rings. The van der Waals surface area contributed by atoms with Gasteiger partial charge in [0.15, 0.2) is 11.5 Å². The van der Waals surface area contributed by atoms with Crippen molar-refractivity contribution in [2.45, 2.75) is 50.5 Å². The Morgan fingerprint density at radius 3 is 2.40 bits per heavy atom. The van der Waals surface area contributed by atoms with Gasteiger partial charge in [-0.1, -0.05) is 60.7 Å². The Labute approximate surface area is 179 Å². The maximum absolute atomic E-state index is 6.41. The third-order valence-corrected chi connectivity index (χ3v) is 6.83. The Balaban J connectivity index is 1.50. The second-order valence-corrected chi connectivity index (χ2v) is 8.77. The van der Waals surface area contributed by atoms with Gasteiger partial charge in [-0.3, -0.25) is 0 Å². The van der Waals surface area contributed by atoms with E-state index in [-0.39, 0.29) is 0 Å². The van der Waals surface area contributed by atoms with Crippen molar-refractivity contribution in [1.82, 2.24) is 0 Å². The zero-order valence-corrected chi connectivity index (χ0v) is 17.7. The number of methoxy groups -OCH3 is 1. The van der Waals surface area contributed by atoms with E-state index in [1.54, 1.807) is 7.11 Å². The van der Waals surface area contributed by atoms with Crippen molar-refractivity contribution in [3.63, 3.8) is 0 Å². The smallest absolute Gasteiger partial charge is 0.161 e. The quantitative estimate of drug-likeness (QED) is 0.468. The monoisotopic (exact) mass is 398 g/mol. The van der Waals surface area contributed by atoms with Gasteiger partial charge in [-0.05, 0) is 78.8 Å². The molecular formula is C28H30O2.